The summed E-state index contributed by atoms with van der Waals surface area (Å²) in [6.45, 7) is 4.34. The molecule has 1 aromatic carbocycles. The molecule has 2 aromatic rings. The maximum atomic E-state index is 12.4. The van der Waals surface area contributed by atoms with E-state index in [1.165, 1.54) is 6.33 Å². The largest absolute Gasteiger partial charge is 0.497 e. The predicted molar refractivity (Wildman–Crippen MR) is 101 cm³/mol. The normalized spacial score (nSPS) is 14.9. The van der Waals surface area contributed by atoms with E-state index in [9.17, 15) is 4.79 Å². The molecule has 0 spiro atoms. The van der Waals surface area contributed by atoms with Crippen LogP contribution in [0.15, 0.2) is 36.7 Å². The number of benzene rings is 1. The molecular weight excluding hydrogens is 330 g/mol. The van der Waals surface area contributed by atoms with Gasteiger partial charge in [0, 0.05) is 38.8 Å². The maximum absolute atomic E-state index is 12.4. The quantitative estimate of drug-likeness (QED) is 0.840. The summed E-state index contributed by atoms with van der Waals surface area (Å²) in [6.07, 6.45) is 2.20. The minimum atomic E-state index is -0.175. The Balaban J connectivity index is 1.55. The number of carbonyl (C=O) groups excluding carboxylic acids is 1. The van der Waals surface area contributed by atoms with E-state index in [4.69, 9.17) is 4.74 Å². The van der Waals surface area contributed by atoms with E-state index >= 15 is 0 Å². The van der Waals surface area contributed by atoms with Gasteiger partial charge < -0.3 is 19.9 Å². The molecule has 1 saturated heterocycles. The molecule has 1 aliphatic rings. The highest BCUT2D eigenvalue weighted by atomic mass is 16.5. The van der Waals surface area contributed by atoms with E-state index in [0.717, 1.165) is 49.7 Å². The van der Waals surface area contributed by atoms with Gasteiger partial charge in [0.15, 0.2) is 0 Å². The van der Waals surface area contributed by atoms with Gasteiger partial charge >= 0.3 is 0 Å². The number of anilines is 1. The van der Waals surface area contributed by atoms with Crippen LogP contribution in [0.1, 0.15) is 16.1 Å². The number of carbonyl (C=O) groups is 1. The number of nitrogens with one attached hydrogen (secondary N) is 1. The Morgan fingerprint density at radius 2 is 2.00 bits per heavy atom. The van der Waals surface area contributed by atoms with E-state index in [-0.39, 0.29) is 5.91 Å². The first kappa shape index (κ1) is 18.1. The molecule has 0 unspecified atom stereocenters. The predicted octanol–water partition coefficient (Wildman–Crippen LogP) is 1.21. The summed E-state index contributed by atoms with van der Waals surface area (Å²) in [7, 11) is 3.76. The van der Waals surface area contributed by atoms with E-state index in [2.05, 4.69) is 32.1 Å². The number of aromatic nitrogens is 2. The zero-order valence-electron chi connectivity index (χ0n) is 15.3. The van der Waals surface area contributed by atoms with Crippen LogP contribution in [0.5, 0.6) is 5.75 Å². The molecule has 0 aliphatic carbocycles. The van der Waals surface area contributed by atoms with Crippen molar-refractivity contribution in [3.05, 3.63) is 47.9 Å². The van der Waals surface area contributed by atoms with E-state index in [1.807, 2.05) is 24.3 Å². The first-order valence-electron chi connectivity index (χ1n) is 8.82. The summed E-state index contributed by atoms with van der Waals surface area (Å²) in [6, 6.07) is 9.62. The number of methoxy groups -OCH3 is 1. The van der Waals surface area contributed by atoms with Crippen molar-refractivity contribution in [2.24, 2.45) is 0 Å². The minimum absolute atomic E-state index is 0.175. The molecule has 138 valence electrons. The van der Waals surface area contributed by atoms with Crippen LogP contribution in [0.3, 0.4) is 0 Å². The summed E-state index contributed by atoms with van der Waals surface area (Å²) in [5.41, 5.74) is 1.52. The fraction of sp³-hybridized carbons (Fsp3) is 0.421. The molecule has 7 heteroatoms. The summed E-state index contributed by atoms with van der Waals surface area (Å²) >= 11 is 0. The lowest BCUT2D eigenvalue weighted by molar-refractivity contribution is 0.0949. The second-order valence-corrected chi connectivity index (χ2v) is 6.41. The molecule has 3 rings (SSSR count). The van der Waals surface area contributed by atoms with Crippen molar-refractivity contribution < 1.29 is 9.53 Å². The number of hydrogen-bond donors (Lipinski definition) is 1. The molecule has 0 radical (unpaired) electrons. The Morgan fingerprint density at radius 3 is 2.77 bits per heavy atom. The van der Waals surface area contributed by atoms with E-state index in [0.29, 0.717) is 12.2 Å². The number of rotatable bonds is 6. The third kappa shape index (κ3) is 4.70. The molecule has 2 heterocycles. The lowest BCUT2D eigenvalue weighted by atomic mass is 10.1. The monoisotopic (exact) mass is 355 g/mol. The summed E-state index contributed by atoms with van der Waals surface area (Å²) < 4.78 is 5.22. The van der Waals surface area contributed by atoms with Crippen LogP contribution in [0.2, 0.25) is 0 Å². The van der Waals surface area contributed by atoms with Crippen molar-refractivity contribution in [1.29, 1.82) is 0 Å². The number of amides is 1. The molecule has 26 heavy (non-hydrogen) atoms. The fourth-order valence-corrected chi connectivity index (χ4v) is 2.92. The lowest BCUT2D eigenvalue weighted by Crippen LogP contribution is -2.45. The van der Waals surface area contributed by atoms with Gasteiger partial charge in [0.25, 0.3) is 5.91 Å². The van der Waals surface area contributed by atoms with Gasteiger partial charge in [-0.1, -0.05) is 12.1 Å². The van der Waals surface area contributed by atoms with Crippen molar-refractivity contribution in [1.82, 2.24) is 20.2 Å². The number of hydrogen-bond acceptors (Lipinski definition) is 6. The highest BCUT2D eigenvalue weighted by Crippen LogP contribution is 2.14. The Labute approximate surface area is 154 Å². The van der Waals surface area contributed by atoms with Gasteiger partial charge in [0.2, 0.25) is 0 Å². The molecular formula is C19H25N5O2. The van der Waals surface area contributed by atoms with Crippen LogP contribution in [-0.2, 0) is 6.42 Å². The Hall–Kier alpha value is -2.67. The molecule has 1 N–H and O–H groups in total. The van der Waals surface area contributed by atoms with Gasteiger partial charge in [-0.05, 0) is 31.2 Å². The molecule has 1 aliphatic heterocycles. The highest BCUT2D eigenvalue weighted by Gasteiger charge is 2.17. The van der Waals surface area contributed by atoms with Gasteiger partial charge in [0.1, 0.15) is 23.6 Å². The molecule has 1 aromatic heterocycles. The summed E-state index contributed by atoms with van der Waals surface area (Å²) in [4.78, 5) is 25.3. The molecule has 0 bridgehead atoms. The van der Waals surface area contributed by atoms with E-state index in [1.54, 1.807) is 13.2 Å². The van der Waals surface area contributed by atoms with Gasteiger partial charge in [-0.15, -0.1) is 0 Å². The van der Waals surface area contributed by atoms with Gasteiger partial charge in [-0.25, -0.2) is 9.97 Å². The lowest BCUT2D eigenvalue weighted by Gasteiger charge is -2.33. The Morgan fingerprint density at radius 1 is 1.19 bits per heavy atom. The zero-order valence-corrected chi connectivity index (χ0v) is 15.3. The van der Waals surface area contributed by atoms with Crippen molar-refractivity contribution in [2.45, 2.75) is 6.42 Å². The number of piperazine rings is 1. The molecule has 1 fully saturated rings. The van der Waals surface area contributed by atoms with Crippen LogP contribution in [-0.4, -0.2) is 67.7 Å². The molecule has 1 amide bonds. The van der Waals surface area contributed by atoms with Crippen molar-refractivity contribution in [3.63, 3.8) is 0 Å². The number of likely N-dealkylation sites (N-methyl/N-ethyl adjacent to an activating group) is 1. The SMILES string of the molecule is COc1cccc(CCNC(=O)c2cc(N3CCN(C)CC3)ncn2)c1. The van der Waals surface area contributed by atoms with Crippen LogP contribution in [0.4, 0.5) is 5.82 Å². The third-order valence-corrected chi connectivity index (χ3v) is 4.55. The van der Waals surface area contributed by atoms with Crippen LogP contribution >= 0.6 is 0 Å². The minimum Gasteiger partial charge on any atom is -0.497 e. The van der Waals surface area contributed by atoms with Gasteiger partial charge in [-0.3, -0.25) is 4.79 Å². The Bertz CT molecular complexity index is 744. The summed E-state index contributed by atoms with van der Waals surface area (Å²) in [5, 5.41) is 2.93. The maximum Gasteiger partial charge on any atom is 0.270 e. The second kappa shape index (κ2) is 8.62. The smallest absolute Gasteiger partial charge is 0.270 e. The second-order valence-electron chi connectivity index (χ2n) is 6.41. The average Bonchev–Trinajstić information content (AvgIpc) is 2.69. The Kier molecular flexibility index (Phi) is 6.01. The standard InChI is InChI=1S/C19H25N5O2/c1-23-8-10-24(11-9-23)18-13-17(21-14-22-18)19(25)20-7-6-15-4-3-5-16(12-15)26-2/h3-5,12-14H,6-11H2,1-2H3,(H,20,25). The fourth-order valence-electron chi connectivity index (χ4n) is 2.92. The first-order chi connectivity index (χ1) is 12.7. The zero-order chi connectivity index (χ0) is 18.4. The van der Waals surface area contributed by atoms with E-state index < -0.39 is 0 Å². The number of ether oxygens (including phenoxy) is 1. The average molecular weight is 355 g/mol. The van der Waals surface area contributed by atoms with Crippen LogP contribution in [0.25, 0.3) is 0 Å². The third-order valence-electron chi connectivity index (χ3n) is 4.55. The molecule has 0 saturated carbocycles. The topological polar surface area (TPSA) is 70.6 Å². The van der Waals surface area contributed by atoms with Gasteiger partial charge in [0.05, 0.1) is 7.11 Å². The summed E-state index contributed by atoms with van der Waals surface area (Å²) in [5.74, 6) is 1.46. The van der Waals surface area contributed by atoms with Crippen molar-refractivity contribution in [3.8, 4) is 5.75 Å². The van der Waals surface area contributed by atoms with Crippen LogP contribution < -0.4 is 15.0 Å². The number of nitrogens with zero attached hydrogens (tertiary/aromatic N) is 4. The van der Waals surface area contributed by atoms with Gasteiger partial charge in [-0.2, -0.15) is 0 Å². The first-order valence-corrected chi connectivity index (χ1v) is 8.82. The molecule has 0 atom stereocenters. The van der Waals surface area contributed by atoms with Crippen LogP contribution in [0, 0.1) is 0 Å². The van der Waals surface area contributed by atoms with Crippen molar-refractivity contribution >= 4 is 11.7 Å². The highest BCUT2D eigenvalue weighted by molar-refractivity contribution is 5.92. The van der Waals surface area contributed by atoms with Crippen molar-refractivity contribution in [2.75, 3.05) is 51.8 Å². The molecule has 7 nitrogen and oxygen atoms in total.